The number of Topliss-reactive ketones (excluding diaryl/α,β-unsaturated/α-hetero) is 1. The predicted molar refractivity (Wildman–Crippen MR) is 72.4 cm³/mol. The third kappa shape index (κ3) is 4.25. The maximum Gasteiger partial charge on any atom is 0.185 e. The van der Waals surface area contributed by atoms with Crippen LogP contribution in [-0.2, 0) is 4.79 Å². The molecule has 5 heteroatoms. The number of nitrogens with zero attached hydrogens (tertiary/aromatic N) is 1. The molecular weight excluding hydrogens is 300 g/mol. The summed E-state index contributed by atoms with van der Waals surface area (Å²) in [4.78, 5) is 12.6. The van der Waals surface area contributed by atoms with Gasteiger partial charge in [0, 0.05) is 15.1 Å². The third-order valence-corrected chi connectivity index (χ3v) is 3.51. The first-order valence-corrected chi connectivity index (χ1v) is 6.60. The van der Waals surface area contributed by atoms with Crippen molar-refractivity contribution in [2.45, 2.75) is 11.8 Å². The van der Waals surface area contributed by atoms with Gasteiger partial charge in [0.2, 0.25) is 0 Å². The number of nitrogens with two attached hydrogens (primary N) is 1. The second-order valence-electron chi connectivity index (χ2n) is 3.34. The fourth-order valence-corrected chi connectivity index (χ4v) is 2.16. The van der Waals surface area contributed by atoms with Crippen LogP contribution in [0.2, 0.25) is 0 Å². The Bertz CT molecular complexity index is 484. The van der Waals surface area contributed by atoms with E-state index in [1.165, 1.54) is 11.8 Å². The molecule has 0 aliphatic heterocycles. The van der Waals surface area contributed by atoms with Gasteiger partial charge in [-0.05, 0) is 31.2 Å². The smallest absolute Gasteiger partial charge is 0.185 e. The molecule has 0 bridgehead atoms. The number of carbonyl (C=O) groups excluding carboxylic acids is 1. The molecule has 1 aromatic carbocycles. The molecule has 2 N–H and O–H groups in total. The van der Waals surface area contributed by atoms with E-state index in [4.69, 9.17) is 11.0 Å². The number of allylic oxidation sites excluding steroid dienone is 2. The summed E-state index contributed by atoms with van der Waals surface area (Å²) in [5.74, 6) is -0.0144. The Hall–Kier alpha value is -1.25. The number of ketones is 1. The van der Waals surface area contributed by atoms with Crippen LogP contribution in [0.15, 0.2) is 44.9 Å². The number of nitriles is 1. The standard InChI is InChI=1S/C12H11BrN2OS/c1-8(15)11(6-14)12(16)7-17-10-4-2-9(13)3-5-10/h2-5H,7,15H2,1H3/b11-8+. The van der Waals surface area contributed by atoms with E-state index in [9.17, 15) is 4.79 Å². The highest BCUT2D eigenvalue weighted by atomic mass is 79.9. The molecule has 3 nitrogen and oxygen atoms in total. The van der Waals surface area contributed by atoms with Crippen LogP contribution in [0.25, 0.3) is 0 Å². The zero-order valence-corrected chi connectivity index (χ0v) is 11.6. The number of benzene rings is 1. The largest absolute Gasteiger partial charge is 0.401 e. The highest BCUT2D eigenvalue weighted by Gasteiger charge is 2.11. The van der Waals surface area contributed by atoms with Crippen molar-refractivity contribution < 1.29 is 4.79 Å². The van der Waals surface area contributed by atoms with Gasteiger partial charge in [-0.2, -0.15) is 5.26 Å². The van der Waals surface area contributed by atoms with Crippen LogP contribution in [0.3, 0.4) is 0 Å². The summed E-state index contributed by atoms with van der Waals surface area (Å²) in [5, 5.41) is 8.78. The van der Waals surface area contributed by atoms with Crippen molar-refractivity contribution in [3.05, 3.63) is 40.0 Å². The molecule has 88 valence electrons. The Morgan fingerprint density at radius 2 is 2.06 bits per heavy atom. The van der Waals surface area contributed by atoms with E-state index in [0.29, 0.717) is 0 Å². The van der Waals surface area contributed by atoms with Crippen molar-refractivity contribution in [1.82, 2.24) is 0 Å². The van der Waals surface area contributed by atoms with E-state index in [1.807, 2.05) is 30.3 Å². The fourth-order valence-electron chi connectivity index (χ4n) is 1.12. The van der Waals surface area contributed by atoms with Gasteiger partial charge < -0.3 is 5.73 Å². The first-order valence-electron chi connectivity index (χ1n) is 4.82. The summed E-state index contributed by atoms with van der Waals surface area (Å²) in [6.45, 7) is 1.56. The van der Waals surface area contributed by atoms with E-state index in [-0.39, 0.29) is 22.8 Å². The molecule has 1 rings (SSSR count). The maximum atomic E-state index is 11.7. The number of carbonyl (C=O) groups is 1. The molecule has 0 saturated carbocycles. The van der Waals surface area contributed by atoms with Gasteiger partial charge >= 0.3 is 0 Å². The quantitative estimate of drug-likeness (QED) is 0.527. The van der Waals surface area contributed by atoms with Crippen LogP contribution in [0, 0.1) is 11.3 Å². The Kier molecular flexibility index (Phi) is 5.26. The average molecular weight is 311 g/mol. The van der Waals surface area contributed by atoms with Gasteiger partial charge in [0.15, 0.2) is 5.78 Å². The predicted octanol–water partition coefficient (Wildman–Crippen LogP) is 2.87. The van der Waals surface area contributed by atoms with Crippen molar-refractivity contribution in [1.29, 1.82) is 5.26 Å². The minimum atomic E-state index is -0.236. The summed E-state index contributed by atoms with van der Waals surface area (Å²) in [5.41, 5.74) is 5.78. The van der Waals surface area contributed by atoms with Crippen LogP contribution in [0.4, 0.5) is 0 Å². The summed E-state index contributed by atoms with van der Waals surface area (Å²) in [7, 11) is 0. The first-order chi connectivity index (χ1) is 8.04. The molecule has 17 heavy (non-hydrogen) atoms. The van der Waals surface area contributed by atoms with Crippen molar-refractivity contribution in [2.24, 2.45) is 5.73 Å². The van der Waals surface area contributed by atoms with Gasteiger partial charge in [-0.25, -0.2) is 0 Å². The normalized spacial score (nSPS) is 11.6. The molecule has 1 aromatic rings. The van der Waals surface area contributed by atoms with Crippen molar-refractivity contribution in [3.8, 4) is 6.07 Å². The zero-order chi connectivity index (χ0) is 12.8. The molecule has 0 unspecified atom stereocenters. The van der Waals surface area contributed by atoms with E-state index in [0.717, 1.165) is 9.37 Å². The zero-order valence-electron chi connectivity index (χ0n) is 9.24. The lowest BCUT2D eigenvalue weighted by molar-refractivity contribution is -0.112. The number of rotatable bonds is 4. The van der Waals surface area contributed by atoms with Crippen LogP contribution >= 0.6 is 27.7 Å². The molecule has 0 fully saturated rings. The summed E-state index contributed by atoms with van der Waals surface area (Å²) in [6, 6.07) is 9.46. The maximum absolute atomic E-state index is 11.7. The molecule has 0 atom stereocenters. The first kappa shape index (κ1) is 13.8. The monoisotopic (exact) mass is 310 g/mol. The topological polar surface area (TPSA) is 66.9 Å². The van der Waals surface area contributed by atoms with Crippen LogP contribution < -0.4 is 5.73 Å². The summed E-state index contributed by atoms with van der Waals surface area (Å²) < 4.78 is 0.989. The second-order valence-corrected chi connectivity index (χ2v) is 5.30. The van der Waals surface area contributed by atoms with Gasteiger partial charge in [-0.3, -0.25) is 4.79 Å². The Morgan fingerprint density at radius 3 is 2.53 bits per heavy atom. The fraction of sp³-hybridized carbons (Fsp3) is 0.167. The number of halogens is 1. The molecular formula is C12H11BrN2OS. The van der Waals surface area contributed by atoms with E-state index in [2.05, 4.69) is 15.9 Å². The molecule has 0 aromatic heterocycles. The van der Waals surface area contributed by atoms with Gasteiger partial charge in [0.25, 0.3) is 0 Å². The van der Waals surface area contributed by atoms with Gasteiger partial charge in [0.1, 0.15) is 11.6 Å². The Labute approximate surface area is 113 Å². The molecule has 0 spiro atoms. The summed E-state index contributed by atoms with van der Waals surface area (Å²) in [6.07, 6.45) is 0. The highest BCUT2D eigenvalue weighted by Crippen LogP contribution is 2.21. The van der Waals surface area contributed by atoms with E-state index in [1.54, 1.807) is 6.92 Å². The van der Waals surface area contributed by atoms with Gasteiger partial charge in [-0.15, -0.1) is 11.8 Å². The number of thioether (sulfide) groups is 1. The lowest BCUT2D eigenvalue weighted by Crippen LogP contribution is -2.10. The van der Waals surface area contributed by atoms with Crippen molar-refractivity contribution in [2.75, 3.05) is 5.75 Å². The van der Waals surface area contributed by atoms with Crippen molar-refractivity contribution in [3.63, 3.8) is 0 Å². The lowest BCUT2D eigenvalue weighted by Gasteiger charge is -2.02. The SMILES string of the molecule is C/C(N)=C(/C#N)C(=O)CSc1ccc(Br)cc1. The number of hydrogen-bond acceptors (Lipinski definition) is 4. The molecule has 0 heterocycles. The molecule has 0 aliphatic rings. The van der Waals surface area contributed by atoms with Gasteiger partial charge in [0.05, 0.1) is 5.75 Å². The van der Waals surface area contributed by atoms with Crippen LogP contribution in [0.5, 0.6) is 0 Å². The molecule has 0 saturated heterocycles. The van der Waals surface area contributed by atoms with Crippen LogP contribution in [-0.4, -0.2) is 11.5 Å². The third-order valence-electron chi connectivity index (χ3n) is 1.97. The highest BCUT2D eigenvalue weighted by molar-refractivity contribution is 9.10. The van der Waals surface area contributed by atoms with Crippen LogP contribution in [0.1, 0.15) is 6.92 Å². The van der Waals surface area contributed by atoms with E-state index < -0.39 is 0 Å². The second kappa shape index (κ2) is 6.48. The number of hydrogen-bond donors (Lipinski definition) is 1. The average Bonchev–Trinajstić information content (AvgIpc) is 2.28. The Morgan fingerprint density at radius 1 is 1.47 bits per heavy atom. The minimum Gasteiger partial charge on any atom is -0.401 e. The summed E-state index contributed by atoms with van der Waals surface area (Å²) >= 11 is 4.72. The lowest BCUT2D eigenvalue weighted by atomic mass is 10.2. The van der Waals surface area contributed by atoms with Gasteiger partial charge in [-0.1, -0.05) is 15.9 Å². The Balaban J connectivity index is 2.64. The molecule has 0 radical (unpaired) electrons. The van der Waals surface area contributed by atoms with E-state index >= 15 is 0 Å². The molecule has 0 aliphatic carbocycles. The minimum absolute atomic E-state index is 0.0506. The molecule has 0 amide bonds. The van der Waals surface area contributed by atoms with Crippen molar-refractivity contribution >= 4 is 33.5 Å².